The molecule has 1 N–H and O–H groups in total. The van der Waals surface area contributed by atoms with Gasteiger partial charge in [0.2, 0.25) is 0 Å². The molecule has 106 valence electrons. The molecule has 0 saturated carbocycles. The largest absolute Gasteiger partial charge is 0.319 e. The SMILES string of the molecule is Cc1cn2cccc(NC(=O)c3ccc(Cl)cc3Cl)c2n1. The van der Waals surface area contributed by atoms with Crippen molar-refractivity contribution in [3.63, 3.8) is 0 Å². The maximum absolute atomic E-state index is 12.3. The van der Waals surface area contributed by atoms with E-state index in [1.165, 1.54) is 6.07 Å². The number of aryl methyl sites for hydroxylation is 1. The summed E-state index contributed by atoms with van der Waals surface area (Å²) in [4.78, 5) is 16.7. The Kier molecular flexibility index (Phi) is 3.57. The van der Waals surface area contributed by atoms with E-state index in [0.29, 0.717) is 26.9 Å². The van der Waals surface area contributed by atoms with Gasteiger partial charge in [-0.25, -0.2) is 4.98 Å². The van der Waals surface area contributed by atoms with E-state index in [2.05, 4.69) is 10.3 Å². The number of rotatable bonds is 2. The summed E-state index contributed by atoms with van der Waals surface area (Å²) in [6.07, 6.45) is 3.76. The van der Waals surface area contributed by atoms with Crippen LogP contribution in [0.25, 0.3) is 5.65 Å². The number of aromatic nitrogens is 2. The van der Waals surface area contributed by atoms with E-state index in [-0.39, 0.29) is 5.91 Å². The van der Waals surface area contributed by atoms with Crippen LogP contribution in [0.3, 0.4) is 0 Å². The third-order valence-electron chi connectivity index (χ3n) is 3.03. The van der Waals surface area contributed by atoms with Crippen molar-refractivity contribution in [3.8, 4) is 0 Å². The van der Waals surface area contributed by atoms with Gasteiger partial charge < -0.3 is 9.72 Å². The summed E-state index contributed by atoms with van der Waals surface area (Å²) in [7, 11) is 0. The Morgan fingerprint density at radius 3 is 2.86 bits per heavy atom. The van der Waals surface area contributed by atoms with E-state index in [0.717, 1.165) is 5.69 Å². The zero-order valence-corrected chi connectivity index (χ0v) is 12.6. The second-order valence-corrected chi connectivity index (χ2v) is 5.46. The fourth-order valence-electron chi connectivity index (χ4n) is 2.10. The first-order chi connectivity index (χ1) is 10.0. The Labute approximate surface area is 131 Å². The highest BCUT2D eigenvalue weighted by atomic mass is 35.5. The first-order valence-corrected chi connectivity index (χ1v) is 7.01. The Balaban J connectivity index is 1.96. The molecule has 21 heavy (non-hydrogen) atoms. The molecule has 6 heteroatoms. The topological polar surface area (TPSA) is 46.4 Å². The molecule has 3 rings (SSSR count). The van der Waals surface area contributed by atoms with Crippen molar-refractivity contribution in [3.05, 3.63) is 64.0 Å². The molecule has 0 spiro atoms. The second-order valence-electron chi connectivity index (χ2n) is 4.61. The normalized spacial score (nSPS) is 10.8. The van der Waals surface area contributed by atoms with Crippen LogP contribution in [-0.2, 0) is 0 Å². The molecule has 0 fully saturated rings. The Morgan fingerprint density at radius 1 is 1.29 bits per heavy atom. The zero-order valence-electron chi connectivity index (χ0n) is 11.1. The number of halogens is 2. The van der Waals surface area contributed by atoms with Crippen molar-refractivity contribution in [1.82, 2.24) is 9.38 Å². The number of imidazole rings is 1. The van der Waals surface area contributed by atoms with Crippen LogP contribution in [0, 0.1) is 6.92 Å². The zero-order chi connectivity index (χ0) is 15.0. The molecule has 0 saturated heterocycles. The monoisotopic (exact) mass is 319 g/mol. The smallest absolute Gasteiger partial charge is 0.257 e. The van der Waals surface area contributed by atoms with E-state index in [1.54, 1.807) is 18.2 Å². The molecule has 0 aliphatic carbocycles. The lowest BCUT2D eigenvalue weighted by Gasteiger charge is -2.08. The number of carbonyl (C=O) groups excluding carboxylic acids is 1. The molecule has 0 aliphatic rings. The summed E-state index contributed by atoms with van der Waals surface area (Å²) < 4.78 is 1.86. The molecule has 0 bridgehead atoms. The van der Waals surface area contributed by atoms with Gasteiger partial charge in [-0.1, -0.05) is 23.2 Å². The first kappa shape index (κ1) is 13.9. The summed E-state index contributed by atoms with van der Waals surface area (Å²) in [5.41, 5.74) is 2.56. The number of benzene rings is 1. The van der Waals surface area contributed by atoms with Gasteiger partial charge >= 0.3 is 0 Å². The number of fused-ring (bicyclic) bond motifs is 1. The average molecular weight is 320 g/mol. The molecule has 0 atom stereocenters. The third-order valence-corrected chi connectivity index (χ3v) is 3.57. The number of hydrogen-bond donors (Lipinski definition) is 1. The average Bonchev–Trinajstić information content (AvgIpc) is 2.80. The predicted molar refractivity (Wildman–Crippen MR) is 84.3 cm³/mol. The number of amides is 1. The highest BCUT2D eigenvalue weighted by Gasteiger charge is 2.13. The third kappa shape index (κ3) is 2.73. The standard InChI is InChI=1S/C15H11Cl2N3O/c1-9-8-20-6-2-3-13(14(20)18-9)19-15(21)11-5-4-10(16)7-12(11)17/h2-8H,1H3,(H,19,21). The summed E-state index contributed by atoms with van der Waals surface area (Å²) in [6.45, 7) is 1.90. The quantitative estimate of drug-likeness (QED) is 0.769. The molecule has 3 aromatic rings. The highest BCUT2D eigenvalue weighted by Crippen LogP contribution is 2.23. The van der Waals surface area contributed by atoms with Crippen molar-refractivity contribution in [2.75, 3.05) is 5.32 Å². The van der Waals surface area contributed by atoms with Crippen LogP contribution >= 0.6 is 23.2 Å². The fraction of sp³-hybridized carbons (Fsp3) is 0.0667. The summed E-state index contributed by atoms with van der Waals surface area (Å²) >= 11 is 11.9. The Hall–Kier alpha value is -2.04. The van der Waals surface area contributed by atoms with Crippen LogP contribution in [0.15, 0.2) is 42.7 Å². The lowest BCUT2D eigenvalue weighted by atomic mass is 10.2. The van der Waals surface area contributed by atoms with Crippen LogP contribution in [0.1, 0.15) is 16.1 Å². The minimum absolute atomic E-state index is 0.301. The van der Waals surface area contributed by atoms with Gasteiger partial charge in [0.15, 0.2) is 5.65 Å². The minimum atomic E-state index is -0.301. The number of carbonyl (C=O) groups is 1. The van der Waals surface area contributed by atoms with Gasteiger partial charge in [0, 0.05) is 17.4 Å². The summed E-state index contributed by atoms with van der Waals surface area (Å²) in [5.74, 6) is -0.301. The van der Waals surface area contributed by atoms with Gasteiger partial charge in [0.25, 0.3) is 5.91 Å². The Bertz CT molecular complexity index is 842. The molecular weight excluding hydrogens is 309 g/mol. The van der Waals surface area contributed by atoms with E-state index >= 15 is 0 Å². The second kappa shape index (κ2) is 5.39. The van der Waals surface area contributed by atoms with E-state index in [1.807, 2.05) is 29.8 Å². The number of nitrogens with zero attached hydrogens (tertiary/aromatic N) is 2. The van der Waals surface area contributed by atoms with Gasteiger partial charge in [-0.2, -0.15) is 0 Å². The van der Waals surface area contributed by atoms with Crippen molar-refractivity contribution in [1.29, 1.82) is 0 Å². The van der Waals surface area contributed by atoms with Crippen molar-refractivity contribution in [2.24, 2.45) is 0 Å². The lowest BCUT2D eigenvalue weighted by Crippen LogP contribution is -2.13. The molecule has 4 nitrogen and oxygen atoms in total. The number of anilines is 1. The van der Waals surface area contributed by atoms with Crippen LogP contribution in [0.4, 0.5) is 5.69 Å². The molecule has 0 aliphatic heterocycles. The molecule has 1 amide bonds. The minimum Gasteiger partial charge on any atom is -0.319 e. The first-order valence-electron chi connectivity index (χ1n) is 6.25. The molecule has 0 radical (unpaired) electrons. The van der Waals surface area contributed by atoms with E-state index in [4.69, 9.17) is 23.2 Å². The van der Waals surface area contributed by atoms with Crippen molar-refractivity contribution >= 4 is 40.4 Å². The van der Waals surface area contributed by atoms with Gasteiger partial charge in [-0.15, -0.1) is 0 Å². The van der Waals surface area contributed by atoms with Crippen molar-refractivity contribution in [2.45, 2.75) is 6.92 Å². The van der Waals surface area contributed by atoms with Gasteiger partial charge in [0.05, 0.1) is 22.0 Å². The molecule has 1 aromatic carbocycles. The fourth-order valence-corrected chi connectivity index (χ4v) is 2.59. The van der Waals surface area contributed by atoms with Crippen LogP contribution in [0.5, 0.6) is 0 Å². The number of nitrogens with one attached hydrogen (secondary N) is 1. The maximum atomic E-state index is 12.3. The van der Waals surface area contributed by atoms with Crippen LogP contribution in [-0.4, -0.2) is 15.3 Å². The number of pyridine rings is 1. The lowest BCUT2D eigenvalue weighted by molar-refractivity contribution is 0.102. The van der Waals surface area contributed by atoms with Gasteiger partial charge in [-0.05, 0) is 37.3 Å². The Morgan fingerprint density at radius 2 is 2.10 bits per heavy atom. The van der Waals surface area contributed by atoms with Crippen LogP contribution in [0.2, 0.25) is 10.0 Å². The maximum Gasteiger partial charge on any atom is 0.257 e. The van der Waals surface area contributed by atoms with Crippen LogP contribution < -0.4 is 5.32 Å². The number of hydrogen-bond acceptors (Lipinski definition) is 2. The predicted octanol–water partition coefficient (Wildman–Crippen LogP) is 4.20. The van der Waals surface area contributed by atoms with E-state index < -0.39 is 0 Å². The molecule has 2 aromatic heterocycles. The highest BCUT2D eigenvalue weighted by molar-refractivity contribution is 6.37. The molecular formula is C15H11Cl2N3O. The van der Waals surface area contributed by atoms with Crippen molar-refractivity contribution < 1.29 is 4.79 Å². The summed E-state index contributed by atoms with van der Waals surface area (Å²) in [5, 5.41) is 3.63. The van der Waals surface area contributed by atoms with E-state index in [9.17, 15) is 4.79 Å². The summed E-state index contributed by atoms with van der Waals surface area (Å²) in [6, 6.07) is 8.40. The molecule has 2 heterocycles. The van der Waals surface area contributed by atoms with Gasteiger partial charge in [0.1, 0.15) is 0 Å². The molecule has 0 unspecified atom stereocenters. The van der Waals surface area contributed by atoms with Gasteiger partial charge in [-0.3, -0.25) is 4.79 Å².